The van der Waals surface area contributed by atoms with Gasteiger partial charge in [-0.25, -0.2) is 0 Å². The number of carbonyl (C=O) groups is 2. The molecule has 1 rings (SSSR count). The van der Waals surface area contributed by atoms with Crippen molar-refractivity contribution in [3.8, 4) is 0 Å². The van der Waals surface area contributed by atoms with Crippen molar-refractivity contribution in [3.63, 3.8) is 0 Å². The number of amides is 2. The van der Waals surface area contributed by atoms with Gasteiger partial charge in [-0.3, -0.25) is 9.59 Å². The first-order valence-corrected chi connectivity index (χ1v) is 5.63. The number of nitrogens with two attached hydrogens (primary N) is 1. The zero-order chi connectivity index (χ0) is 13.0. The summed E-state index contributed by atoms with van der Waals surface area (Å²) >= 11 is 0. The summed E-state index contributed by atoms with van der Waals surface area (Å²) in [7, 11) is 0. The number of nitrogens with zero attached hydrogens (tertiary/aromatic N) is 1. The topological polar surface area (TPSA) is 63.4 Å². The minimum absolute atomic E-state index is 0.0534. The molecule has 0 aromatic heterocycles. The highest BCUT2D eigenvalue weighted by atomic mass is 16.2. The molecule has 92 valence electrons. The van der Waals surface area contributed by atoms with Crippen LogP contribution in [0.2, 0.25) is 0 Å². The van der Waals surface area contributed by atoms with Gasteiger partial charge < -0.3 is 10.6 Å². The quantitative estimate of drug-likeness (QED) is 0.742. The fraction of sp³-hybridized carbons (Fsp3) is 0.385. The molecule has 4 nitrogen and oxygen atoms in total. The lowest BCUT2D eigenvalue weighted by Crippen LogP contribution is -2.31. The molecule has 1 saturated heterocycles. The van der Waals surface area contributed by atoms with E-state index in [1.165, 1.54) is 0 Å². The molecule has 2 N–H and O–H groups in total. The number of hydrogen-bond acceptors (Lipinski definition) is 2. The molecule has 0 radical (unpaired) electrons. The average Bonchev–Trinajstić information content (AvgIpc) is 2.57. The van der Waals surface area contributed by atoms with E-state index >= 15 is 0 Å². The molecule has 17 heavy (non-hydrogen) atoms. The predicted octanol–water partition coefficient (Wildman–Crippen LogP) is 1.15. The highest BCUT2D eigenvalue weighted by Gasteiger charge is 2.30. The highest BCUT2D eigenvalue weighted by molar-refractivity contribution is 6.02. The number of hydrogen-bond donors (Lipinski definition) is 1. The Morgan fingerprint density at radius 2 is 2.24 bits per heavy atom. The molecule has 0 aliphatic carbocycles. The van der Waals surface area contributed by atoms with E-state index in [4.69, 9.17) is 5.73 Å². The van der Waals surface area contributed by atoms with Gasteiger partial charge in [0.2, 0.25) is 5.91 Å². The maximum atomic E-state index is 12.0. The van der Waals surface area contributed by atoms with Crippen LogP contribution in [0.1, 0.15) is 20.3 Å². The van der Waals surface area contributed by atoms with Gasteiger partial charge in [-0.15, -0.1) is 0 Å². The molecular formula is C13H18N2O2. The van der Waals surface area contributed by atoms with Gasteiger partial charge in [0.25, 0.3) is 5.91 Å². The molecule has 0 saturated carbocycles. The van der Waals surface area contributed by atoms with Crippen molar-refractivity contribution in [3.05, 3.63) is 35.5 Å². The Morgan fingerprint density at radius 1 is 1.59 bits per heavy atom. The third-order valence-electron chi connectivity index (χ3n) is 2.71. The van der Waals surface area contributed by atoms with Crippen molar-refractivity contribution < 1.29 is 9.59 Å². The van der Waals surface area contributed by atoms with E-state index in [1.54, 1.807) is 4.90 Å². The van der Waals surface area contributed by atoms with Crippen LogP contribution in [0.3, 0.4) is 0 Å². The first-order valence-electron chi connectivity index (χ1n) is 5.63. The molecule has 1 aliphatic heterocycles. The minimum Gasteiger partial charge on any atom is -0.366 e. The summed E-state index contributed by atoms with van der Waals surface area (Å²) in [6, 6.07) is 0. The van der Waals surface area contributed by atoms with Crippen LogP contribution in [0.5, 0.6) is 0 Å². The Balaban J connectivity index is 2.87. The highest BCUT2D eigenvalue weighted by Crippen LogP contribution is 2.24. The van der Waals surface area contributed by atoms with Gasteiger partial charge in [0, 0.05) is 17.7 Å². The third kappa shape index (κ3) is 2.84. The predicted molar refractivity (Wildman–Crippen MR) is 67.0 cm³/mol. The van der Waals surface area contributed by atoms with E-state index in [-0.39, 0.29) is 18.0 Å². The first-order chi connectivity index (χ1) is 8.01. The molecule has 0 spiro atoms. The first kappa shape index (κ1) is 13.2. The fourth-order valence-electron chi connectivity index (χ4n) is 1.78. The van der Waals surface area contributed by atoms with Crippen molar-refractivity contribution in [1.29, 1.82) is 0 Å². The smallest absolute Gasteiger partial charge is 0.254 e. The Labute approximate surface area is 101 Å². The number of likely N-dealkylation sites (tertiary alicyclic amines) is 1. The third-order valence-corrected chi connectivity index (χ3v) is 2.71. The fourth-order valence-corrected chi connectivity index (χ4v) is 1.78. The van der Waals surface area contributed by atoms with Gasteiger partial charge >= 0.3 is 0 Å². The SMILES string of the molecule is C=C(CN1CC(=C\C)/C(=C/CC)C1=O)C(N)=O. The molecule has 0 unspecified atom stereocenters. The largest absolute Gasteiger partial charge is 0.366 e. The summed E-state index contributed by atoms with van der Waals surface area (Å²) in [4.78, 5) is 24.5. The van der Waals surface area contributed by atoms with Gasteiger partial charge in [-0.05, 0) is 18.9 Å². The molecule has 0 bridgehead atoms. The molecule has 0 aromatic rings. The molecule has 1 fully saturated rings. The Kier molecular flexibility index (Phi) is 4.26. The lowest BCUT2D eigenvalue weighted by Gasteiger charge is -2.14. The normalized spacial score (nSPS) is 20.4. The molecule has 2 amide bonds. The van der Waals surface area contributed by atoms with Crippen LogP contribution in [-0.2, 0) is 9.59 Å². The van der Waals surface area contributed by atoms with Crippen molar-refractivity contribution in [2.24, 2.45) is 5.73 Å². The van der Waals surface area contributed by atoms with Crippen LogP contribution in [0.25, 0.3) is 0 Å². The molecule has 4 heteroatoms. The summed E-state index contributed by atoms with van der Waals surface area (Å²) < 4.78 is 0. The standard InChI is InChI=1S/C13H18N2O2/c1-4-6-11-10(5-2)8-15(13(11)17)7-9(3)12(14)16/h5-6H,3-4,7-8H2,1-2H3,(H2,14,16)/b10-5+,11-6-. The zero-order valence-electron chi connectivity index (χ0n) is 10.3. The molecular weight excluding hydrogens is 216 g/mol. The van der Waals surface area contributed by atoms with Crippen molar-refractivity contribution in [1.82, 2.24) is 4.90 Å². The minimum atomic E-state index is -0.562. The molecule has 1 heterocycles. The number of primary amides is 1. The van der Waals surface area contributed by atoms with Gasteiger partial charge in [0.1, 0.15) is 0 Å². The summed E-state index contributed by atoms with van der Waals surface area (Å²) in [6.45, 7) is 8.17. The lowest BCUT2D eigenvalue weighted by atomic mass is 10.1. The maximum absolute atomic E-state index is 12.0. The second-order valence-electron chi connectivity index (χ2n) is 3.97. The maximum Gasteiger partial charge on any atom is 0.254 e. The van der Waals surface area contributed by atoms with E-state index in [0.29, 0.717) is 6.54 Å². The van der Waals surface area contributed by atoms with Crippen LogP contribution >= 0.6 is 0 Å². The van der Waals surface area contributed by atoms with E-state index in [0.717, 1.165) is 17.6 Å². The van der Waals surface area contributed by atoms with Gasteiger partial charge in [-0.2, -0.15) is 0 Å². The summed E-state index contributed by atoms with van der Waals surface area (Å²) in [5.74, 6) is -0.616. The van der Waals surface area contributed by atoms with Crippen molar-refractivity contribution in [2.45, 2.75) is 20.3 Å². The lowest BCUT2D eigenvalue weighted by molar-refractivity contribution is -0.124. The second-order valence-corrected chi connectivity index (χ2v) is 3.97. The summed E-state index contributed by atoms with van der Waals surface area (Å²) in [5, 5.41) is 0. The summed E-state index contributed by atoms with van der Waals surface area (Å²) in [6.07, 6.45) is 4.64. The molecule has 0 atom stereocenters. The van der Waals surface area contributed by atoms with Crippen LogP contribution < -0.4 is 5.73 Å². The van der Waals surface area contributed by atoms with Crippen molar-refractivity contribution >= 4 is 11.8 Å². The summed E-state index contributed by atoms with van der Waals surface area (Å²) in [5.41, 5.74) is 7.09. The Bertz CT molecular complexity index is 419. The van der Waals surface area contributed by atoms with Gasteiger partial charge in [-0.1, -0.05) is 25.7 Å². The van der Waals surface area contributed by atoms with E-state index < -0.39 is 5.91 Å². The van der Waals surface area contributed by atoms with E-state index in [2.05, 4.69) is 6.58 Å². The van der Waals surface area contributed by atoms with Crippen LogP contribution in [0.4, 0.5) is 0 Å². The molecule has 0 aromatic carbocycles. The van der Waals surface area contributed by atoms with Crippen LogP contribution in [-0.4, -0.2) is 29.8 Å². The number of carbonyl (C=O) groups excluding carboxylic acids is 2. The van der Waals surface area contributed by atoms with E-state index in [9.17, 15) is 9.59 Å². The Morgan fingerprint density at radius 3 is 2.71 bits per heavy atom. The van der Waals surface area contributed by atoms with Crippen LogP contribution in [0.15, 0.2) is 35.5 Å². The van der Waals surface area contributed by atoms with Gasteiger partial charge in [0.05, 0.1) is 6.54 Å². The van der Waals surface area contributed by atoms with Crippen LogP contribution in [0, 0.1) is 0 Å². The average molecular weight is 234 g/mol. The van der Waals surface area contributed by atoms with Crippen molar-refractivity contribution in [2.75, 3.05) is 13.1 Å². The van der Waals surface area contributed by atoms with Gasteiger partial charge in [0.15, 0.2) is 0 Å². The van der Waals surface area contributed by atoms with E-state index in [1.807, 2.05) is 26.0 Å². The second kappa shape index (κ2) is 5.48. The Hall–Kier alpha value is -1.84. The molecule has 1 aliphatic rings. The number of rotatable bonds is 4. The number of allylic oxidation sites excluding steroid dienone is 2. The zero-order valence-corrected chi connectivity index (χ0v) is 10.3. The monoisotopic (exact) mass is 234 g/mol.